The molecule has 0 aliphatic carbocycles. The Morgan fingerprint density at radius 1 is 1.10 bits per heavy atom. The van der Waals surface area contributed by atoms with E-state index >= 15 is 0 Å². The minimum absolute atomic E-state index is 0.0924. The standard InChI is InChI=1S/C24H23N5O2/c1-15(2)31-18-7-5-6-16(12-18)21-22(26-11-10-25-21)17-13-29(14-17)24(30)23-27-19-8-3-4-9-20(19)28-23/h3-12,15,17H,13-14H2,1-2H3,(H,27,28). The smallest absolute Gasteiger partial charge is 0.289 e. The molecular formula is C24H23N5O2. The number of fused-ring (bicyclic) bond motifs is 1. The number of ether oxygens (including phenoxy) is 1. The van der Waals surface area contributed by atoms with E-state index in [1.807, 2.05) is 62.4 Å². The number of carbonyl (C=O) groups is 1. The third-order valence-electron chi connectivity index (χ3n) is 5.35. The van der Waals surface area contributed by atoms with Gasteiger partial charge in [-0.25, -0.2) is 4.98 Å². The van der Waals surface area contributed by atoms with Gasteiger partial charge in [0.05, 0.1) is 28.5 Å². The van der Waals surface area contributed by atoms with E-state index in [9.17, 15) is 4.79 Å². The number of carbonyl (C=O) groups excluding carboxylic acids is 1. The van der Waals surface area contributed by atoms with E-state index < -0.39 is 0 Å². The van der Waals surface area contributed by atoms with Crippen molar-refractivity contribution in [2.24, 2.45) is 0 Å². The van der Waals surface area contributed by atoms with Crippen LogP contribution in [0.2, 0.25) is 0 Å². The highest BCUT2D eigenvalue weighted by atomic mass is 16.5. The van der Waals surface area contributed by atoms with Crippen LogP contribution < -0.4 is 4.74 Å². The van der Waals surface area contributed by atoms with Gasteiger partial charge in [0.2, 0.25) is 0 Å². The lowest BCUT2D eigenvalue weighted by molar-refractivity contribution is 0.0587. The van der Waals surface area contributed by atoms with Crippen molar-refractivity contribution in [1.82, 2.24) is 24.8 Å². The quantitative estimate of drug-likeness (QED) is 0.534. The predicted molar refractivity (Wildman–Crippen MR) is 118 cm³/mol. The predicted octanol–water partition coefficient (Wildman–Crippen LogP) is 4.05. The molecule has 0 bridgehead atoms. The second kappa shape index (κ2) is 7.83. The number of aromatic nitrogens is 4. The van der Waals surface area contributed by atoms with Gasteiger partial charge in [0, 0.05) is 37.0 Å². The largest absolute Gasteiger partial charge is 0.491 e. The molecule has 2 aromatic heterocycles. The highest BCUT2D eigenvalue weighted by molar-refractivity contribution is 5.94. The first-order chi connectivity index (χ1) is 15.1. The number of H-pyrrole nitrogens is 1. The second-order valence-electron chi connectivity index (χ2n) is 7.99. The number of aromatic amines is 1. The Balaban J connectivity index is 1.34. The molecule has 3 heterocycles. The third-order valence-corrected chi connectivity index (χ3v) is 5.35. The number of imidazole rings is 1. The summed E-state index contributed by atoms with van der Waals surface area (Å²) in [5.74, 6) is 1.22. The second-order valence-corrected chi connectivity index (χ2v) is 7.99. The SMILES string of the molecule is CC(C)Oc1cccc(-c2nccnc2C2CN(C(=O)c3nc4ccccc4[nH]3)C2)c1. The maximum absolute atomic E-state index is 12.9. The lowest BCUT2D eigenvalue weighted by atomic mass is 9.92. The molecule has 0 spiro atoms. The van der Waals surface area contributed by atoms with Crippen molar-refractivity contribution < 1.29 is 9.53 Å². The van der Waals surface area contributed by atoms with Gasteiger partial charge in [0.15, 0.2) is 5.82 Å². The lowest BCUT2D eigenvalue weighted by Crippen LogP contribution is -2.49. The molecule has 1 aliphatic heterocycles. The van der Waals surface area contributed by atoms with Crippen LogP contribution in [0.1, 0.15) is 36.1 Å². The van der Waals surface area contributed by atoms with E-state index in [0.29, 0.717) is 18.9 Å². The molecule has 0 atom stereocenters. The van der Waals surface area contributed by atoms with Gasteiger partial charge in [0.1, 0.15) is 5.75 Å². The zero-order chi connectivity index (χ0) is 21.4. The fraction of sp³-hybridized carbons (Fsp3) is 0.250. The molecule has 4 aromatic rings. The van der Waals surface area contributed by atoms with Crippen LogP contribution in [0.15, 0.2) is 60.9 Å². The van der Waals surface area contributed by atoms with Crippen LogP contribution in [0.4, 0.5) is 0 Å². The molecule has 1 fully saturated rings. The Labute approximate surface area is 180 Å². The van der Waals surface area contributed by atoms with E-state index in [1.165, 1.54) is 0 Å². The molecule has 7 nitrogen and oxygen atoms in total. The molecule has 0 radical (unpaired) electrons. The van der Waals surface area contributed by atoms with Crippen molar-refractivity contribution in [3.8, 4) is 17.0 Å². The van der Waals surface area contributed by atoms with Gasteiger partial charge in [-0.3, -0.25) is 14.8 Å². The Morgan fingerprint density at radius 2 is 1.90 bits per heavy atom. The van der Waals surface area contributed by atoms with Crippen molar-refractivity contribution in [3.63, 3.8) is 0 Å². The number of hydrogen-bond donors (Lipinski definition) is 1. The number of para-hydroxylation sites is 2. The van der Waals surface area contributed by atoms with Crippen LogP contribution in [0.3, 0.4) is 0 Å². The zero-order valence-corrected chi connectivity index (χ0v) is 17.4. The summed E-state index contributed by atoms with van der Waals surface area (Å²) in [5, 5.41) is 0. The highest BCUT2D eigenvalue weighted by Gasteiger charge is 2.36. The van der Waals surface area contributed by atoms with Crippen molar-refractivity contribution in [3.05, 3.63) is 72.4 Å². The molecule has 5 rings (SSSR count). The summed E-state index contributed by atoms with van der Waals surface area (Å²) in [4.78, 5) is 31.4. The number of hydrogen-bond acceptors (Lipinski definition) is 5. The summed E-state index contributed by atoms with van der Waals surface area (Å²) in [6, 6.07) is 15.5. The number of rotatable bonds is 5. The number of likely N-dealkylation sites (tertiary alicyclic amines) is 1. The van der Waals surface area contributed by atoms with Crippen molar-refractivity contribution in [1.29, 1.82) is 0 Å². The lowest BCUT2D eigenvalue weighted by Gasteiger charge is -2.38. The Morgan fingerprint density at radius 3 is 2.71 bits per heavy atom. The van der Waals surface area contributed by atoms with Crippen LogP contribution in [-0.4, -0.2) is 49.9 Å². The first-order valence-electron chi connectivity index (χ1n) is 10.4. The molecule has 1 N–H and O–H groups in total. The fourth-order valence-electron chi connectivity index (χ4n) is 3.88. The molecule has 1 saturated heterocycles. The summed E-state index contributed by atoms with van der Waals surface area (Å²) >= 11 is 0. The number of nitrogens with one attached hydrogen (secondary N) is 1. The Kier molecular flexibility index (Phi) is 4.86. The highest BCUT2D eigenvalue weighted by Crippen LogP contribution is 2.33. The molecule has 156 valence electrons. The molecule has 0 unspecified atom stereocenters. The van der Waals surface area contributed by atoms with Crippen LogP contribution in [0.5, 0.6) is 5.75 Å². The van der Waals surface area contributed by atoms with E-state index in [-0.39, 0.29) is 17.9 Å². The van der Waals surface area contributed by atoms with Gasteiger partial charge in [-0.2, -0.15) is 0 Å². The van der Waals surface area contributed by atoms with Crippen molar-refractivity contribution >= 4 is 16.9 Å². The van der Waals surface area contributed by atoms with Crippen LogP contribution >= 0.6 is 0 Å². The van der Waals surface area contributed by atoms with Crippen LogP contribution in [-0.2, 0) is 0 Å². The van der Waals surface area contributed by atoms with Gasteiger partial charge in [0.25, 0.3) is 5.91 Å². The Bertz CT molecular complexity index is 1210. The Hall–Kier alpha value is -3.74. The number of amides is 1. The number of benzene rings is 2. The molecular weight excluding hydrogens is 390 g/mol. The molecule has 0 saturated carbocycles. The monoisotopic (exact) mass is 413 g/mol. The van der Waals surface area contributed by atoms with Gasteiger partial charge >= 0.3 is 0 Å². The van der Waals surface area contributed by atoms with Gasteiger partial charge in [-0.1, -0.05) is 24.3 Å². The molecule has 2 aromatic carbocycles. The normalized spacial score (nSPS) is 14.1. The zero-order valence-electron chi connectivity index (χ0n) is 17.4. The average molecular weight is 413 g/mol. The van der Waals surface area contributed by atoms with Crippen molar-refractivity contribution in [2.75, 3.05) is 13.1 Å². The molecule has 1 amide bonds. The average Bonchev–Trinajstić information content (AvgIpc) is 3.17. The summed E-state index contributed by atoms with van der Waals surface area (Å²) in [5.41, 5.74) is 4.35. The van der Waals surface area contributed by atoms with E-state index in [0.717, 1.165) is 33.7 Å². The van der Waals surface area contributed by atoms with E-state index in [2.05, 4.69) is 19.9 Å². The topological polar surface area (TPSA) is 84.0 Å². The fourth-order valence-corrected chi connectivity index (χ4v) is 3.88. The van der Waals surface area contributed by atoms with Crippen molar-refractivity contribution in [2.45, 2.75) is 25.9 Å². The van der Waals surface area contributed by atoms with E-state index in [1.54, 1.807) is 17.3 Å². The minimum atomic E-state index is -0.0924. The molecule has 31 heavy (non-hydrogen) atoms. The summed E-state index contributed by atoms with van der Waals surface area (Å²) in [6.07, 6.45) is 3.50. The maximum Gasteiger partial charge on any atom is 0.289 e. The minimum Gasteiger partial charge on any atom is -0.491 e. The molecule has 7 heteroatoms. The third kappa shape index (κ3) is 3.74. The summed E-state index contributed by atoms with van der Waals surface area (Å²) in [7, 11) is 0. The van der Waals surface area contributed by atoms with Gasteiger partial charge in [-0.05, 0) is 38.1 Å². The maximum atomic E-state index is 12.9. The molecule has 1 aliphatic rings. The first-order valence-corrected chi connectivity index (χ1v) is 10.4. The summed E-state index contributed by atoms with van der Waals surface area (Å²) < 4.78 is 5.83. The summed E-state index contributed by atoms with van der Waals surface area (Å²) in [6.45, 7) is 5.18. The van der Waals surface area contributed by atoms with Gasteiger partial charge in [-0.15, -0.1) is 0 Å². The van der Waals surface area contributed by atoms with Crippen LogP contribution in [0, 0.1) is 0 Å². The van der Waals surface area contributed by atoms with Crippen LogP contribution in [0.25, 0.3) is 22.3 Å². The first kappa shape index (κ1) is 19.2. The van der Waals surface area contributed by atoms with Gasteiger partial charge < -0.3 is 14.6 Å². The van der Waals surface area contributed by atoms with E-state index in [4.69, 9.17) is 4.74 Å². The number of nitrogens with zero attached hydrogens (tertiary/aromatic N) is 4.